The van der Waals surface area contributed by atoms with Gasteiger partial charge in [0, 0.05) is 37.6 Å². The van der Waals surface area contributed by atoms with E-state index in [0.717, 1.165) is 129 Å². The van der Waals surface area contributed by atoms with E-state index >= 15 is 0 Å². The number of ether oxygens (including phenoxy) is 3. The Morgan fingerprint density at radius 2 is 0.643 bits per heavy atom. The Kier molecular flexibility index (Phi) is 29.3. The van der Waals surface area contributed by atoms with Gasteiger partial charge in [0.1, 0.15) is 11.2 Å². The lowest BCUT2D eigenvalue weighted by Crippen LogP contribution is -2.33. The number of aliphatic hydroxyl groups excluding tert-OH is 1. The zero-order chi connectivity index (χ0) is 60.7. The second-order valence-corrected chi connectivity index (χ2v) is 20.7. The SMILES string of the molecule is CC.CC.CC.CCCCO.CCCCOCc1ccc(C(O)(c2ccc(C)cc2)c2cc(-c3cccc4ccccc34)c(C(O)(c3ccc(COCCCC)cc3)c3ccc(COCCCC)cc3)cc2-c2cccc3ccccc23)cc1. The quantitative estimate of drug-likeness (QED) is 0.0390. The molecule has 0 aromatic heterocycles. The van der Waals surface area contributed by atoms with Crippen LogP contribution in [-0.4, -0.2) is 41.7 Å². The maximum absolute atomic E-state index is 14.5. The summed E-state index contributed by atoms with van der Waals surface area (Å²) in [5.74, 6) is 0. The van der Waals surface area contributed by atoms with E-state index in [1.807, 2.05) is 65.8 Å². The lowest BCUT2D eigenvalue weighted by Gasteiger charge is -2.37. The van der Waals surface area contributed by atoms with Gasteiger partial charge in [0.25, 0.3) is 0 Å². The van der Waals surface area contributed by atoms with E-state index in [4.69, 9.17) is 19.3 Å². The highest BCUT2D eigenvalue weighted by Crippen LogP contribution is 2.51. The van der Waals surface area contributed by atoms with Crippen LogP contribution in [0.5, 0.6) is 0 Å². The summed E-state index contributed by atoms with van der Waals surface area (Å²) in [5.41, 5.74) is 8.49. The van der Waals surface area contributed by atoms with Gasteiger partial charge in [-0.25, -0.2) is 0 Å². The number of aryl methyl sites for hydroxylation is 1. The summed E-state index contributed by atoms with van der Waals surface area (Å²) in [5, 5.41) is 41.1. The van der Waals surface area contributed by atoms with Crippen molar-refractivity contribution in [2.75, 3.05) is 26.4 Å². The fourth-order valence-corrected chi connectivity index (χ4v) is 10.3. The Bertz CT molecular complexity index is 3200. The third kappa shape index (κ3) is 17.2. The minimum Gasteiger partial charge on any atom is -0.396 e. The number of fused-ring (bicyclic) bond motifs is 2. The molecular formula is C78H98O6. The molecule has 6 heteroatoms. The van der Waals surface area contributed by atoms with Crippen LogP contribution < -0.4 is 0 Å². The largest absolute Gasteiger partial charge is 0.396 e. The number of benzene rings is 9. The molecule has 0 aliphatic carbocycles. The summed E-state index contributed by atoms with van der Waals surface area (Å²) in [7, 11) is 0. The minimum atomic E-state index is -1.71. The van der Waals surface area contributed by atoms with Crippen molar-refractivity contribution >= 4 is 21.5 Å². The fraction of sp³-hybridized carbons (Fsp3) is 0.359. The second-order valence-electron chi connectivity index (χ2n) is 20.7. The van der Waals surface area contributed by atoms with Gasteiger partial charge in [-0.3, -0.25) is 0 Å². The summed E-state index contributed by atoms with van der Waals surface area (Å²) in [6, 6.07) is 66.9. The van der Waals surface area contributed by atoms with Crippen LogP contribution >= 0.6 is 0 Å². The van der Waals surface area contributed by atoms with Crippen molar-refractivity contribution in [3.63, 3.8) is 0 Å². The maximum Gasteiger partial charge on any atom is 0.141 e. The number of rotatable bonds is 25. The average molecular weight is 1130 g/mol. The molecule has 0 heterocycles. The molecule has 446 valence electrons. The molecule has 1 atom stereocenters. The number of hydrogen-bond donors (Lipinski definition) is 3. The molecule has 0 aliphatic rings. The van der Waals surface area contributed by atoms with Crippen LogP contribution in [0.1, 0.15) is 176 Å². The second kappa shape index (κ2) is 36.2. The van der Waals surface area contributed by atoms with Crippen LogP contribution in [0.3, 0.4) is 0 Å². The van der Waals surface area contributed by atoms with Gasteiger partial charge < -0.3 is 29.5 Å². The smallest absolute Gasteiger partial charge is 0.141 e. The van der Waals surface area contributed by atoms with E-state index < -0.39 is 11.2 Å². The molecule has 0 fully saturated rings. The van der Waals surface area contributed by atoms with Crippen LogP contribution in [0.4, 0.5) is 0 Å². The molecule has 0 spiro atoms. The van der Waals surface area contributed by atoms with Crippen LogP contribution in [0.2, 0.25) is 0 Å². The summed E-state index contributed by atoms with van der Waals surface area (Å²) in [6.45, 7) is 26.5. The van der Waals surface area contributed by atoms with Crippen LogP contribution in [-0.2, 0) is 45.2 Å². The molecule has 0 bridgehead atoms. The first-order valence-corrected chi connectivity index (χ1v) is 31.5. The molecular weight excluding hydrogens is 1030 g/mol. The average Bonchev–Trinajstić information content (AvgIpc) is 0.974. The highest BCUT2D eigenvalue weighted by Gasteiger charge is 2.42. The molecule has 0 radical (unpaired) electrons. The van der Waals surface area contributed by atoms with Crippen molar-refractivity contribution in [3.8, 4) is 22.3 Å². The predicted octanol–water partition coefficient (Wildman–Crippen LogP) is 20.0. The Hall–Kier alpha value is -6.74. The Morgan fingerprint density at radius 3 is 0.940 bits per heavy atom. The van der Waals surface area contributed by atoms with E-state index in [0.29, 0.717) is 68.5 Å². The van der Waals surface area contributed by atoms with E-state index in [-0.39, 0.29) is 0 Å². The molecule has 9 aromatic carbocycles. The summed E-state index contributed by atoms with van der Waals surface area (Å²) in [6.07, 6.45) is 8.25. The van der Waals surface area contributed by atoms with Crippen LogP contribution in [0.25, 0.3) is 43.8 Å². The lowest BCUT2D eigenvalue weighted by atomic mass is 9.71. The molecule has 9 rings (SSSR count). The van der Waals surface area contributed by atoms with Crippen molar-refractivity contribution in [1.29, 1.82) is 0 Å². The Labute approximate surface area is 505 Å². The third-order valence-corrected chi connectivity index (χ3v) is 14.9. The first-order valence-electron chi connectivity index (χ1n) is 31.5. The standard InChI is InChI=1S/C68H70O5.C4H10O.3C2H6/c1-5-8-41-71-46-50-27-35-56(36-28-50)67(69,55-33-25-49(4)26-34-55)65-44-64(62-24-16-20-54-18-12-14-22-60(54)62)66(45-63(65)61-23-15-19-53-17-11-13-21-59(53)61)68(70,57-37-29-51(30-38-57)47-72-42-9-6-2)58-39-31-52(32-40-58)48-73-43-10-7-3;1-2-3-4-5;3*1-2/h11-40,44-45,69-70H,5-10,41-43,46-48H2,1-4H3;5H,2-4H2,1H3;3*1-2H3. The van der Waals surface area contributed by atoms with Gasteiger partial charge in [0.2, 0.25) is 0 Å². The summed E-state index contributed by atoms with van der Waals surface area (Å²) >= 11 is 0. The maximum atomic E-state index is 14.5. The molecule has 9 aromatic rings. The van der Waals surface area contributed by atoms with Crippen molar-refractivity contribution in [2.45, 2.75) is 159 Å². The molecule has 0 amide bonds. The topological polar surface area (TPSA) is 88.4 Å². The molecule has 6 nitrogen and oxygen atoms in total. The summed E-state index contributed by atoms with van der Waals surface area (Å²) < 4.78 is 18.2. The van der Waals surface area contributed by atoms with Gasteiger partial charge in [0.15, 0.2) is 0 Å². The lowest BCUT2D eigenvalue weighted by molar-refractivity contribution is 0.116. The number of hydrogen-bond acceptors (Lipinski definition) is 6. The first-order chi connectivity index (χ1) is 41.2. The Balaban J connectivity index is 0.00000109. The number of aliphatic hydroxyl groups is 3. The molecule has 3 N–H and O–H groups in total. The Morgan fingerprint density at radius 1 is 0.345 bits per heavy atom. The molecule has 84 heavy (non-hydrogen) atoms. The van der Waals surface area contributed by atoms with Crippen molar-refractivity contribution < 1.29 is 29.5 Å². The molecule has 0 aliphatic heterocycles. The van der Waals surface area contributed by atoms with Crippen LogP contribution in [0.15, 0.2) is 194 Å². The molecule has 0 saturated heterocycles. The summed E-state index contributed by atoms with van der Waals surface area (Å²) in [4.78, 5) is 0. The monoisotopic (exact) mass is 1130 g/mol. The zero-order valence-electron chi connectivity index (χ0n) is 52.6. The van der Waals surface area contributed by atoms with Crippen molar-refractivity contribution in [3.05, 3.63) is 250 Å². The van der Waals surface area contributed by atoms with Gasteiger partial charge in [-0.15, -0.1) is 0 Å². The van der Waals surface area contributed by atoms with Gasteiger partial charge in [-0.05, 0) is 127 Å². The highest BCUT2D eigenvalue weighted by atomic mass is 16.5. The highest BCUT2D eigenvalue weighted by molar-refractivity contribution is 6.01. The zero-order valence-corrected chi connectivity index (χ0v) is 52.6. The normalized spacial score (nSPS) is 11.7. The van der Waals surface area contributed by atoms with Crippen molar-refractivity contribution in [2.24, 2.45) is 0 Å². The molecule has 0 saturated carbocycles. The number of unbranched alkanes of at least 4 members (excludes halogenated alkanes) is 4. The van der Waals surface area contributed by atoms with E-state index in [9.17, 15) is 10.2 Å². The first kappa shape index (κ1) is 68.0. The molecule has 1 unspecified atom stereocenters. The van der Waals surface area contributed by atoms with Gasteiger partial charge in [-0.2, -0.15) is 0 Å². The van der Waals surface area contributed by atoms with Gasteiger partial charge in [0.05, 0.1) is 19.8 Å². The van der Waals surface area contributed by atoms with Crippen molar-refractivity contribution in [1.82, 2.24) is 0 Å². The van der Waals surface area contributed by atoms with Gasteiger partial charge >= 0.3 is 0 Å². The van der Waals surface area contributed by atoms with E-state index in [2.05, 4.69) is 204 Å². The van der Waals surface area contributed by atoms with Crippen LogP contribution in [0, 0.1) is 6.92 Å². The van der Waals surface area contributed by atoms with Gasteiger partial charge in [-0.1, -0.05) is 282 Å². The fourth-order valence-electron chi connectivity index (χ4n) is 10.3. The van der Waals surface area contributed by atoms with E-state index in [1.165, 1.54) is 0 Å². The predicted molar refractivity (Wildman–Crippen MR) is 357 cm³/mol. The van der Waals surface area contributed by atoms with E-state index in [1.54, 1.807) is 0 Å². The minimum absolute atomic E-state index is 0.344. The third-order valence-electron chi connectivity index (χ3n) is 14.9.